The molecule has 104 valence electrons. The number of likely N-dealkylation sites (N-methyl/N-ethyl adjacent to an activating group) is 1. The van der Waals surface area contributed by atoms with Gasteiger partial charge in [0.2, 0.25) is 0 Å². The van der Waals surface area contributed by atoms with Gasteiger partial charge in [0.25, 0.3) is 5.69 Å². The number of non-ortho nitro benzene ring substituents is 1. The topological polar surface area (TPSA) is 72.7 Å². The molecule has 1 rings (SSSR count). The van der Waals surface area contributed by atoms with Crippen molar-refractivity contribution in [2.45, 2.75) is 20.8 Å². The molecule has 0 aromatic heterocycles. The van der Waals surface area contributed by atoms with Crippen LogP contribution >= 0.6 is 0 Å². The number of benzene rings is 1. The second-order valence-electron chi connectivity index (χ2n) is 4.05. The molecule has 19 heavy (non-hydrogen) atoms. The molecular weight excluding hydrogens is 248 g/mol. The smallest absolute Gasteiger partial charge is 0.325 e. The SMILES string of the molecule is CCOC(=O)CN(CC)c1ccc([N+](=O)[O-])cc1C. The number of nitrogens with zero attached hydrogens (tertiary/aromatic N) is 2. The van der Waals surface area contributed by atoms with Gasteiger partial charge in [0, 0.05) is 24.4 Å². The van der Waals surface area contributed by atoms with Gasteiger partial charge in [-0.3, -0.25) is 14.9 Å². The number of hydrogen-bond donors (Lipinski definition) is 0. The lowest BCUT2D eigenvalue weighted by Gasteiger charge is -2.23. The van der Waals surface area contributed by atoms with E-state index < -0.39 is 4.92 Å². The number of anilines is 1. The molecule has 0 aliphatic rings. The van der Waals surface area contributed by atoms with Crippen LogP contribution < -0.4 is 4.90 Å². The maximum Gasteiger partial charge on any atom is 0.325 e. The summed E-state index contributed by atoms with van der Waals surface area (Å²) in [6.07, 6.45) is 0. The molecule has 0 fully saturated rings. The van der Waals surface area contributed by atoms with Crippen molar-refractivity contribution in [3.05, 3.63) is 33.9 Å². The predicted octanol–water partition coefficient (Wildman–Crippen LogP) is 2.29. The summed E-state index contributed by atoms with van der Waals surface area (Å²) in [6.45, 7) is 6.57. The van der Waals surface area contributed by atoms with Gasteiger partial charge in [0.15, 0.2) is 0 Å². The summed E-state index contributed by atoms with van der Waals surface area (Å²) in [7, 11) is 0. The Morgan fingerprint density at radius 2 is 2.11 bits per heavy atom. The minimum Gasteiger partial charge on any atom is -0.465 e. The lowest BCUT2D eigenvalue weighted by Crippen LogP contribution is -2.31. The van der Waals surface area contributed by atoms with Crippen LogP contribution in [0.3, 0.4) is 0 Å². The van der Waals surface area contributed by atoms with Gasteiger partial charge in [0.05, 0.1) is 11.5 Å². The van der Waals surface area contributed by atoms with Crippen LogP contribution in [0.5, 0.6) is 0 Å². The average molecular weight is 266 g/mol. The fraction of sp³-hybridized carbons (Fsp3) is 0.462. The molecular formula is C13H18N2O4. The van der Waals surface area contributed by atoms with Crippen LogP contribution in [0.2, 0.25) is 0 Å². The number of ether oxygens (including phenoxy) is 1. The Hall–Kier alpha value is -2.11. The van der Waals surface area contributed by atoms with E-state index >= 15 is 0 Å². The molecule has 0 atom stereocenters. The molecule has 0 spiro atoms. The van der Waals surface area contributed by atoms with Gasteiger partial charge in [-0.05, 0) is 32.4 Å². The summed E-state index contributed by atoms with van der Waals surface area (Å²) >= 11 is 0. The molecule has 0 saturated heterocycles. The van der Waals surface area contributed by atoms with E-state index in [4.69, 9.17) is 4.74 Å². The molecule has 6 heteroatoms. The van der Waals surface area contributed by atoms with Crippen molar-refractivity contribution in [3.63, 3.8) is 0 Å². The first kappa shape index (κ1) is 14.9. The third-order valence-corrected chi connectivity index (χ3v) is 2.74. The van der Waals surface area contributed by atoms with Crippen molar-refractivity contribution in [3.8, 4) is 0 Å². The van der Waals surface area contributed by atoms with E-state index in [1.165, 1.54) is 12.1 Å². The maximum absolute atomic E-state index is 11.5. The first-order valence-corrected chi connectivity index (χ1v) is 6.15. The zero-order valence-corrected chi connectivity index (χ0v) is 11.4. The quantitative estimate of drug-likeness (QED) is 0.448. The fourth-order valence-electron chi connectivity index (χ4n) is 1.84. The maximum atomic E-state index is 11.5. The molecule has 0 aliphatic heterocycles. The summed E-state index contributed by atoms with van der Waals surface area (Å²) in [4.78, 5) is 23.6. The second kappa shape index (κ2) is 6.72. The number of nitro benzene ring substituents is 1. The van der Waals surface area contributed by atoms with Crippen molar-refractivity contribution in [2.75, 3.05) is 24.6 Å². The number of aryl methyl sites for hydroxylation is 1. The Labute approximate surface area is 112 Å². The summed E-state index contributed by atoms with van der Waals surface area (Å²) in [5.74, 6) is -0.304. The standard InChI is InChI=1S/C13H18N2O4/c1-4-14(9-13(16)19-5-2)12-7-6-11(15(17)18)8-10(12)3/h6-8H,4-5,9H2,1-3H3. The molecule has 1 aromatic carbocycles. The van der Waals surface area contributed by atoms with Gasteiger partial charge in [-0.2, -0.15) is 0 Å². The average Bonchev–Trinajstić information content (AvgIpc) is 2.36. The van der Waals surface area contributed by atoms with E-state index in [-0.39, 0.29) is 18.2 Å². The van der Waals surface area contributed by atoms with Crippen LogP contribution in [-0.4, -0.2) is 30.6 Å². The van der Waals surface area contributed by atoms with Crippen LogP contribution in [0.4, 0.5) is 11.4 Å². The predicted molar refractivity (Wildman–Crippen MR) is 72.4 cm³/mol. The van der Waals surface area contributed by atoms with Gasteiger partial charge < -0.3 is 9.64 Å². The highest BCUT2D eigenvalue weighted by atomic mass is 16.6. The van der Waals surface area contributed by atoms with Gasteiger partial charge in [0.1, 0.15) is 6.54 Å². The summed E-state index contributed by atoms with van der Waals surface area (Å²) < 4.78 is 4.91. The molecule has 0 bridgehead atoms. The molecule has 6 nitrogen and oxygen atoms in total. The highest BCUT2D eigenvalue weighted by Gasteiger charge is 2.15. The van der Waals surface area contributed by atoms with Crippen molar-refractivity contribution in [1.82, 2.24) is 0 Å². The van der Waals surface area contributed by atoms with E-state index in [0.29, 0.717) is 13.2 Å². The zero-order valence-electron chi connectivity index (χ0n) is 11.4. The molecule has 1 aromatic rings. The number of carbonyl (C=O) groups excluding carboxylic acids is 1. The van der Waals surface area contributed by atoms with Crippen molar-refractivity contribution < 1.29 is 14.5 Å². The third kappa shape index (κ3) is 3.94. The van der Waals surface area contributed by atoms with Crippen molar-refractivity contribution >= 4 is 17.3 Å². The molecule has 0 N–H and O–H groups in total. The molecule has 0 heterocycles. The van der Waals surface area contributed by atoms with E-state index in [0.717, 1.165) is 11.3 Å². The molecule has 0 aliphatic carbocycles. The number of nitro groups is 1. The number of rotatable bonds is 6. The van der Waals surface area contributed by atoms with Crippen LogP contribution in [0.25, 0.3) is 0 Å². The second-order valence-corrected chi connectivity index (χ2v) is 4.05. The van der Waals surface area contributed by atoms with Crippen molar-refractivity contribution in [1.29, 1.82) is 0 Å². The summed E-state index contributed by atoms with van der Waals surface area (Å²) in [5, 5.41) is 10.7. The van der Waals surface area contributed by atoms with Crippen molar-refractivity contribution in [2.24, 2.45) is 0 Å². The Morgan fingerprint density at radius 3 is 2.58 bits per heavy atom. The van der Waals surface area contributed by atoms with Crippen LogP contribution in [-0.2, 0) is 9.53 Å². The third-order valence-electron chi connectivity index (χ3n) is 2.74. The Bertz CT molecular complexity index is 474. The lowest BCUT2D eigenvalue weighted by atomic mass is 10.1. The highest BCUT2D eigenvalue weighted by Crippen LogP contribution is 2.24. The minimum atomic E-state index is -0.432. The van der Waals surface area contributed by atoms with Gasteiger partial charge in [-0.25, -0.2) is 0 Å². The largest absolute Gasteiger partial charge is 0.465 e. The first-order chi connectivity index (χ1) is 8.99. The van der Waals surface area contributed by atoms with Crippen LogP contribution in [0.1, 0.15) is 19.4 Å². The summed E-state index contributed by atoms with van der Waals surface area (Å²) in [5.41, 5.74) is 1.62. The molecule has 0 radical (unpaired) electrons. The van der Waals surface area contributed by atoms with E-state index in [1.807, 2.05) is 11.8 Å². The van der Waals surface area contributed by atoms with Gasteiger partial charge in [-0.1, -0.05) is 0 Å². The Kier molecular flexibility index (Phi) is 5.29. The van der Waals surface area contributed by atoms with Crippen LogP contribution in [0.15, 0.2) is 18.2 Å². The van der Waals surface area contributed by atoms with Gasteiger partial charge in [-0.15, -0.1) is 0 Å². The first-order valence-electron chi connectivity index (χ1n) is 6.15. The fourth-order valence-corrected chi connectivity index (χ4v) is 1.84. The molecule has 0 saturated carbocycles. The zero-order chi connectivity index (χ0) is 14.4. The number of carbonyl (C=O) groups is 1. The minimum absolute atomic E-state index is 0.0495. The number of esters is 1. The monoisotopic (exact) mass is 266 g/mol. The van der Waals surface area contributed by atoms with Crippen LogP contribution in [0, 0.1) is 17.0 Å². The van der Waals surface area contributed by atoms with E-state index in [1.54, 1.807) is 19.9 Å². The normalized spacial score (nSPS) is 10.1. The van der Waals surface area contributed by atoms with Gasteiger partial charge >= 0.3 is 5.97 Å². The highest BCUT2D eigenvalue weighted by molar-refractivity contribution is 5.76. The molecule has 0 unspecified atom stereocenters. The van der Waals surface area contributed by atoms with E-state index in [9.17, 15) is 14.9 Å². The number of hydrogen-bond acceptors (Lipinski definition) is 5. The Balaban J connectivity index is 2.92. The molecule has 0 amide bonds. The Morgan fingerprint density at radius 1 is 1.42 bits per heavy atom. The van der Waals surface area contributed by atoms with E-state index in [2.05, 4.69) is 0 Å². The summed E-state index contributed by atoms with van der Waals surface area (Å²) in [6, 6.07) is 4.61. The lowest BCUT2D eigenvalue weighted by molar-refractivity contribution is -0.384.